The van der Waals surface area contributed by atoms with Gasteiger partial charge in [0.15, 0.2) is 5.69 Å². The average molecular weight is 252 g/mol. The van der Waals surface area contributed by atoms with E-state index in [9.17, 15) is 9.59 Å². The molecule has 7 nitrogen and oxygen atoms in total. The molecule has 18 heavy (non-hydrogen) atoms. The van der Waals surface area contributed by atoms with Gasteiger partial charge in [0.2, 0.25) is 5.91 Å². The number of anilines is 1. The maximum absolute atomic E-state index is 11.2. The van der Waals surface area contributed by atoms with Gasteiger partial charge in [-0.2, -0.15) is 0 Å². The van der Waals surface area contributed by atoms with E-state index in [2.05, 4.69) is 14.7 Å². The molecule has 0 aliphatic carbocycles. The Morgan fingerprint density at radius 2 is 2.06 bits per heavy atom. The van der Waals surface area contributed by atoms with E-state index in [-0.39, 0.29) is 18.3 Å². The SMILES string of the molecule is COC(=O)c1cnc(N(CC(N)=O)C(C)C)cn1. The highest BCUT2D eigenvalue weighted by molar-refractivity contribution is 5.86. The molecule has 0 radical (unpaired) electrons. The number of nitrogens with zero attached hydrogens (tertiary/aromatic N) is 3. The van der Waals surface area contributed by atoms with E-state index < -0.39 is 11.9 Å². The standard InChI is InChI=1S/C11H16N4O3/c1-7(2)15(6-9(12)16)10-5-13-8(4-14-10)11(17)18-3/h4-5,7H,6H2,1-3H3,(H2,12,16). The van der Waals surface area contributed by atoms with Gasteiger partial charge in [-0.15, -0.1) is 0 Å². The quantitative estimate of drug-likeness (QED) is 0.738. The van der Waals surface area contributed by atoms with Gasteiger partial charge in [0, 0.05) is 6.04 Å². The van der Waals surface area contributed by atoms with E-state index in [0.717, 1.165) is 0 Å². The van der Waals surface area contributed by atoms with Gasteiger partial charge in [-0.25, -0.2) is 14.8 Å². The number of aromatic nitrogens is 2. The van der Waals surface area contributed by atoms with E-state index >= 15 is 0 Å². The van der Waals surface area contributed by atoms with Gasteiger partial charge in [-0.1, -0.05) is 0 Å². The highest BCUT2D eigenvalue weighted by atomic mass is 16.5. The number of rotatable bonds is 5. The monoisotopic (exact) mass is 252 g/mol. The van der Waals surface area contributed by atoms with Crippen molar-refractivity contribution in [3.8, 4) is 0 Å². The van der Waals surface area contributed by atoms with Gasteiger partial charge < -0.3 is 15.4 Å². The third kappa shape index (κ3) is 3.41. The van der Waals surface area contributed by atoms with Crippen molar-refractivity contribution in [2.24, 2.45) is 5.73 Å². The molecule has 0 fully saturated rings. The van der Waals surface area contributed by atoms with Crippen molar-refractivity contribution in [3.63, 3.8) is 0 Å². The Bertz CT molecular complexity index is 430. The van der Waals surface area contributed by atoms with Crippen molar-refractivity contribution in [1.29, 1.82) is 0 Å². The fourth-order valence-corrected chi connectivity index (χ4v) is 1.38. The van der Waals surface area contributed by atoms with E-state index in [0.29, 0.717) is 5.82 Å². The van der Waals surface area contributed by atoms with Crippen LogP contribution >= 0.6 is 0 Å². The molecular weight excluding hydrogens is 236 g/mol. The van der Waals surface area contributed by atoms with Gasteiger partial charge >= 0.3 is 5.97 Å². The molecule has 0 unspecified atom stereocenters. The molecular formula is C11H16N4O3. The number of primary amides is 1. The molecule has 0 atom stereocenters. The molecule has 2 N–H and O–H groups in total. The second kappa shape index (κ2) is 5.95. The van der Waals surface area contributed by atoms with E-state index in [1.807, 2.05) is 13.8 Å². The first-order valence-electron chi connectivity index (χ1n) is 5.41. The first kappa shape index (κ1) is 13.9. The van der Waals surface area contributed by atoms with Gasteiger partial charge in [-0.3, -0.25) is 4.79 Å². The van der Waals surface area contributed by atoms with E-state index in [4.69, 9.17) is 5.73 Å². The van der Waals surface area contributed by atoms with Crippen molar-refractivity contribution in [2.45, 2.75) is 19.9 Å². The van der Waals surface area contributed by atoms with E-state index in [1.165, 1.54) is 19.5 Å². The Kier molecular flexibility index (Phi) is 4.59. The van der Waals surface area contributed by atoms with Gasteiger partial charge in [0.05, 0.1) is 26.0 Å². The number of methoxy groups -OCH3 is 1. The summed E-state index contributed by atoms with van der Waals surface area (Å²) in [5, 5.41) is 0. The maximum atomic E-state index is 11.2. The molecule has 0 aromatic carbocycles. The van der Waals surface area contributed by atoms with Gasteiger partial charge in [0.25, 0.3) is 0 Å². The minimum absolute atomic E-state index is 0.0378. The molecule has 1 rings (SSSR count). The molecule has 0 aliphatic rings. The lowest BCUT2D eigenvalue weighted by molar-refractivity contribution is -0.116. The predicted octanol–water partition coefficient (Wildman–Crippen LogP) is -0.0367. The van der Waals surface area contributed by atoms with Crippen LogP contribution in [0.15, 0.2) is 12.4 Å². The number of esters is 1. The molecule has 1 amide bonds. The second-order valence-electron chi connectivity index (χ2n) is 3.94. The lowest BCUT2D eigenvalue weighted by Crippen LogP contribution is -2.39. The molecule has 0 spiro atoms. The number of carbonyl (C=O) groups is 2. The van der Waals surface area contributed by atoms with Crippen LogP contribution in [-0.4, -0.2) is 41.5 Å². The fourth-order valence-electron chi connectivity index (χ4n) is 1.38. The smallest absolute Gasteiger partial charge is 0.358 e. The zero-order valence-corrected chi connectivity index (χ0v) is 10.6. The first-order chi connectivity index (χ1) is 8.45. The van der Waals surface area contributed by atoms with Crippen molar-refractivity contribution < 1.29 is 14.3 Å². The summed E-state index contributed by atoms with van der Waals surface area (Å²) in [7, 11) is 1.27. The fraction of sp³-hybridized carbons (Fsp3) is 0.455. The average Bonchev–Trinajstić information content (AvgIpc) is 2.34. The topological polar surface area (TPSA) is 98.4 Å². The van der Waals surface area contributed by atoms with Crippen molar-refractivity contribution in [2.75, 3.05) is 18.6 Å². The van der Waals surface area contributed by atoms with Crippen LogP contribution in [0.5, 0.6) is 0 Å². The van der Waals surface area contributed by atoms with Crippen LogP contribution in [0.25, 0.3) is 0 Å². The Morgan fingerprint density at radius 1 is 1.39 bits per heavy atom. The summed E-state index contributed by atoms with van der Waals surface area (Å²) in [6.45, 7) is 3.85. The van der Waals surface area contributed by atoms with Gasteiger partial charge in [0.1, 0.15) is 5.82 Å². The van der Waals surface area contributed by atoms with Crippen LogP contribution in [0.2, 0.25) is 0 Å². The number of ether oxygens (including phenoxy) is 1. The van der Waals surface area contributed by atoms with Crippen LogP contribution in [0.3, 0.4) is 0 Å². The summed E-state index contributed by atoms with van der Waals surface area (Å²) in [5.41, 5.74) is 5.28. The summed E-state index contributed by atoms with van der Waals surface area (Å²) in [5.74, 6) is -0.529. The molecule has 1 heterocycles. The molecule has 0 aliphatic heterocycles. The largest absolute Gasteiger partial charge is 0.464 e. The summed E-state index contributed by atoms with van der Waals surface area (Å²) >= 11 is 0. The van der Waals surface area contributed by atoms with Crippen LogP contribution in [-0.2, 0) is 9.53 Å². The molecule has 0 saturated heterocycles. The lowest BCUT2D eigenvalue weighted by atomic mass is 10.3. The predicted molar refractivity (Wildman–Crippen MR) is 65.0 cm³/mol. The molecule has 0 saturated carbocycles. The zero-order chi connectivity index (χ0) is 13.7. The van der Waals surface area contributed by atoms with Crippen LogP contribution < -0.4 is 10.6 Å². The summed E-state index contributed by atoms with van der Waals surface area (Å²) < 4.78 is 4.52. The Hall–Kier alpha value is -2.18. The van der Waals surface area contributed by atoms with Crippen LogP contribution in [0.4, 0.5) is 5.82 Å². The molecule has 0 bridgehead atoms. The first-order valence-corrected chi connectivity index (χ1v) is 5.41. The third-order valence-electron chi connectivity index (χ3n) is 2.28. The molecule has 1 aromatic heterocycles. The summed E-state index contributed by atoms with van der Waals surface area (Å²) in [4.78, 5) is 31.9. The molecule has 7 heteroatoms. The lowest BCUT2D eigenvalue weighted by Gasteiger charge is -2.25. The van der Waals surface area contributed by atoms with E-state index in [1.54, 1.807) is 4.90 Å². The third-order valence-corrected chi connectivity index (χ3v) is 2.28. The second-order valence-corrected chi connectivity index (χ2v) is 3.94. The maximum Gasteiger partial charge on any atom is 0.358 e. The number of nitrogens with two attached hydrogens (primary N) is 1. The highest BCUT2D eigenvalue weighted by Gasteiger charge is 2.16. The Balaban J connectivity index is 2.93. The minimum atomic E-state index is -0.556. The minimum Gasteiger partial charge on any atom is -0.464 e. The van der Waals surface area contributed by atoms with Crippen molar-refractivity contribution in [3.05, 3.63) is 18.1 Å². The molecule has 1 aromatic rings. The van der Waals surface area contributed by atoms with Crippen molar-refractivity contribution in [1.82, 2.24) is 9.97 Å². The number of hydrogen-bond acceptors (Lipinski definition) is 6. The van der Waals surface area contributed by atoms with Crippen LogP contribution in [0, 0.1) is 0 Å². The van der Waals surface area contributed by atoms with Crippen molar-refractivity contribution >= 4 is 17.7 Å². The zero-order valence-electron chi connectivity index (χ0n) is 10.6. The van der Waals surface area contributed by atoms with Crippen LogP contribution in [0.1, 0.15) is 24.3 Å². The Labute approximate surface area is 105 Å². The summed E-state index contributed by atoms with van der Waals surface area (Å²) in [6, 6.07) is 0.0378. The van der Waals surface area contributed by atoms with Gasteiger partial charge in [-0.05, 0) is 13.8 Å². The number of carbonyl (C=O) groups excluding carboxylic acids is 2. The molecule has 98 valence electrons. The summed E-state index contributed by atoms with van der Waals surface area (Å²) in [6.07, 6.45) is 2.72. The Morgan fingerprint density at radius 3 is 2.44 bits per heavy atom. The normalized spacial score (nSPS) is 10.2. The highest BCUT2D eigenvalue weighted by Crippen LogP contribution is 2.12. The number of amides is 1. The number of hydrogen-bond donors (Lipinski definition) is 1.